The van der Waals surface area contributed by atoms with Crippen molar-refractivity contribution >= 4 is 10.0 Å². The Morgan fingerprint density at radius 2 is 2.19 bits per heavy atom. The minimum absolute atomic E-state index is 0.141. The molecular formula is C9H9FN2O3S. The fourth-order valence-corrected chi connectivity index (χ4v) is 1.69. The molecule has 1 aromatic rings. The minimum atomic E-state index is -4.08. The number of halogens is 1. The number of ether oxygens (including phenoxy) is 1. The third-order valence-electron chi connectivity index (χ3n) is 1.70. The Balaban J connectivity index is 3.25. The Morgan fingerprint density at radius 1 is 1.56 bits per heavy atom. The molecule has 0 saturated heterocycles. The van der Waals surface area contributed by atoms with Crippen LogP contribution in [0.4, 0.5) is 4.39 Å². The van der Waals surface area contributed by atoms with Gasteiger partial charge in [0, 0.05) is 0 Å². The van der Waals surface area contributed by atoms with Crippen molar-refractivity contribution in [1.82, 2.24) is 0 Å². The van der Waals surface area contributed by atoms with Gasteiger partial charge in [0.1, 0.15) is 22.5 Å². The molecule has 0 fully saturated rings. The van der Waals surface area contributed by atoms with E-state index in [0.29, 0.717) is 0 Å². The maximum Gasteiger partial charge on any atom is 0.241 e. The average Bonchev–Trinajstić information content (AvgIpc) is 2.19. The van der Waals surface area contributed by atoms with E-state index in [0.717, 1.165) is 18.2 Å². The van der Waals surface area contributed by atoms with Gasteiger partial charge in [0.25, 0.3) is 0 Å². The second-order valence-electron chi connectivity index (χ2n) is 3.03. The number of benzene rings is 1. The van der Waals surface area contributed by atoms with Gasteiger partial charge >= 0.3 is 0 Å². The number of primary sulfonamides is 1. The molecule has 86 valence electrons. The van der Waals surface area contributed by atoms with E-state index in [1.165, 1.54) is 6.92 Å². The van der Waals surface area contributed by atoms with Crippen LogP contribution in [0, 0.1) is 17.1 Å². The van der Waals surface area contributed by atoms with E-state index in [9.17, 15) is 12.8 Å². The van der Waals surface area contributed by atoms with Crippen LogP contribution in [-0.4, -0.2) is 14.5 Å². The van der Waals surface area contributed by atoms with Crippen molar-refractivity contribution in [3.63, 3.8) is 0 Å². The number of sulfonamides is 1. The second kappa shape index (κ2) is 4.47. The molecule has 0 aliphatic rings. The van der Waals surface area contributed by atoms with Crippen molar-refractivity contribution in [2.45, 2.75) is 17.9 Å². The van der Waals surface area contributed by atoms with Gasteiger partial charge in [-0.2, -0.15) is 5.26 Å². The molecule has 1 unspecified atom stereocenters. The van der Waals surface area contributed by atoms with Gasteiger partial charge in [-0.15, -0.1) is 0 Å². The van der Waals surface area contributed by atoms with Gasteiger partial charge in [-0.25, -0.2) is 17.9 Å². The van der Waals surface area contributed by atoms with E-state index in [2.05, 4.69) is 0 Å². The van der Waals surface area contributed by atoms with E-state index in [1.807, 2.05) is 0 Å². The van der Waals surface area contributed by atoms with Crippen LogP contribution in [-0.2, 0) is 10.0 Å². The van der Waals surface area contributed by atoms with E-state index in [1.54, 1.807) is 6.07 Å². The molecule has 1 atom stereocenters. The number of nitrogens with two attached hydrogens (primary N) is 1. The summed E-state index contributed by atoms with van der Waals surface area (Å²) in [6.45, 7) is 1.43. The SMILES string of the molecule is CC(C#N)Oc1ccc(F)cc1S(N)(=O)=O. The Kier molecular flexibility index (Phi) is 3.47. The molecule has 16 heavy (non-hydrogen) atoms. The van der Waals surface area contributed by atoms with Gasteiger partial charge in [-0.05, 0) is 25.1 Å². The minimum Gasteiger partial charge on any atom is -0.474 e. The molecule has 1 aromatic carbocycles. The van der Waals surface area contributed by atoms with Gasteiger partial charge in [-0.3, -0.25) is 0 Å². The number of nitrogens with zero attached hydrogens (tertiary/aromatic N) is 1. The van der Waals surface area contributed by atoms with Crippen LogP contribution in [0.15, 0.2) is 23.1 Å². The highest BCUT2D eigenvalue weighted by molar-refractivity contribution is 7.89. The van der Waals surface area contributed by atoms with Crippen molar-refractivity contribution in [2.75, 3.05) is 0 Å². The monoisotopic (exact) mass is 244 g/mol. The predicted molar refractivity (Wildman–Crippen MR) is 53.5 cm³/mol. The summed E-state index contributed by atoms with van der Waals surface area (Å²) in [6, 6.07) is 4.64. The Hall–Kier alpha value is -1.65. The number of nitriles is 1. The zero-order chi connectivity index (χ0) is 12.3. The number of rotatable bonds is 3. The first-order chi connectivity index (χ1) is 7.34. The lowest BCUT2D eigenvalue weighted by atomic mass is 10.3. The first-order valence-electron chi connectivity index (χ1n) is 4.23. The predicted octanol–water partition coefficient (Wildman–Crippen LogP) is 0.764. The highest BCUT2D eigenvalue weighted by Crippen LogP contribution is 2.24. The van der Waals surface area contributed by atoms with Crippen molar-refractivity contribution in [2.24, 2.45) is 5.14 Å². The van der Waals surface area contributed by atoms with Gasteiger partial charge in [0.15, 0.2) is 6.10 Å². The van der Waals surface area contributed by atoms with E-state index < -0.39 is 26.8 Å². The highest BCUT2D eigenvalue weighted by atomic mass is 32.2. The lowest BCUT2D eigenvalue weighted by Crippen LogP contribution is -2.16. The third-order valence-corrected chi connectivity index (χ3v) is 2.63. The first-order valence-corrected chi connectivity index (χ1v) is 5.78. The summed E-state index contributed by atoms with van der Waals surface area (Å²) in [6.07, 6.45) is -0.856. The molecule has 2 N–H and O–H groups in total. The van der Waals surface area contributed by atoms with E-state index in [4.69, 9.17) is 15.1 Å². The highest BCUT2D eigenvalue weighted by Gasteiger charge is 2.17. The zero-order valence-electron chi connectivity index (χ0n) is 8.34. The first kappa shape index (κ1) is 12.4. The van der Waals surface area contributed by atoms with Gasteiger partial charge in [0.2, 0.25) is 10.0 Å². The Labute approximate surface area is 92.3 Å². The molecule has 0 radical (unpaired) electrons. The van der Waals surface area contributed by atoms with Crippen LogP contribution < -0.4 is 9.88 Å². The molecular weight excluding hydrogens is 235 g/mol. The smallest absolute Gasteiger partial charge is 0.241 e. The van der Waals surface area contributed by atoms with Crippen molar-refractivity contribution in [3.8, 4) is 11.8 Å². The van der Waals surface area contributed by atoms with Crippen LogP contribution in [0.25, 0.3) is 0 Å². The molecule has 0 bridgehead atoms. The fourth-order valence-electron chi connectivity index (χ4n) is 1.02. The maximum absolute atomic E-state index is 12.9. The standard InChI is InChI=1S/C9H9FN2O3S/c1-6(5-11)15-8-3-2-7(10)4-9(8)16(12,13)14/h2-4,6H,1H3,(H2,12,13,14). The average molecular weight is 244 g/mol. The van der Waals surface area contributed by atoms with Crippen molar-refractivity contribution in [3.05, 3.63) is 24.0 Å². The summed E-state index contributed by atoms with van der Waals surface area (Å²) in [5.74, 6) is -0.890. The van der Waals surface area contributed by atoms with Crippen LogP contribution in [0.5, 0.6) is 5.75 Å². The molecule has 0 spiro atoms. The molecule has 0 aliphatic carbocycles. The van der Waals surface area contributed by atoms with Crippen LogP contribution in [0.2, 0.25) is 0 Å². The molecule has 5 nitrogen and oxygen atoms in total. The van der Waals surface area contributed by atoms with Crippen LogP contribution in [0.3, 0.4) is 0 Å². The zero-order valence-corrected chi connectivity index (χ0v) is 9.16. The number of hydrogen-bond donors (Lipinski definition) is 1. The maximum atomic E-state index is 12.9. The largest absolute Gasteiger partial charge is 0.474 e. The third kappa shape index (κ3) is 2.92. The summed E-state index contributed by atoms with van der Waals surface area (Å²) >= 11 is 0. The summed E-state index contributed by atoms with van der Waals surface area (Å²) in [4.78, 5) is -0.477. The van der Waals surface area contributed by atoms with Crippen molar-refractivity contribution < 1.29 is 17.5 Å². The van der Waals surface area contributed by atoms with E-state index >= 15 is 0 Å². The van der Waals surface area contributed by atoms with Crippen LogP contribution in [0.1, 0.15) is 6.92 Å². The summed E-state index contributed by atoms with van der Waals surface area (Å²) in [5, 5.41) is 13.4. The molecule has 0 aliphatic heterocycles. The lowest BCUT2D eigenvalue weighted by Gasteiger charge is -2.11. The molecule has 0 saturated carbocycles. The Morgan fingerprint density at radius 3 is 2.69 bits per heavy atom. The topological polar surface area (TPSA) is 93.2 Å². The van der Waals surface area contributed by atoms with E-state index in [-0.39, 0.29) is 5.75 Å². The fraction of sp³-hybridized carbons (Fsp3) is 0.222. The van der Waals surface area contributed by atoms with Gasteiger partial charge in [-0.1, -0.05) is 0 Å². The molecule has 1 rings (SSSR count). The molecule has 0 aromatic heterocycles. The quantitative estimate of drug-likeness (QED) is 0.849. The summed E-state index contributed by atoms with van der Waals surface area (Å²) in [7, 11) is -4.08. The lowest BCUT2D eigenvalue weighted by molar-refractivity contribution is 0.268. The second-order valence-corrected chi connectivity index (χ2v) is 4.56. The van der Waals surface area contributed by atoms with Gasteiger partial charge < -0.3 is 4.74 Å². The van der Waals surface area contributed by atoms with Gasteiger partial charge in [0.05, 0.1) is 0 Å². The molecule has 0 amide bonds. The molecule has 7 heteroatoms. The Bertz CT molecular complexity index is 536. The number of hydrogen-bond acceptors (Lipinski definition) is 4. The summed E-state index contributed by atoms with van der Waals surface area (Å²) in [5.41, 5.74) is 0. The van der Waals surface area contributed by atoms with Crippen LogP contribution >= 0.6 is 0 Å². The molecule has 0 heterocycles. The summed E-state index contributed by atoms with van der Waals surface area (Å²) < 4.78 is 40.1. The van der Waals surface area contributed by atoms with Crippen molar-refractivity contribution in [1.29, 1.82) is 5.26 Å². The normalized spacial score (nSPS) is 12.9.